The summed E-state index contributed by atoms with van der Waals surface area (Å²) < 4.78 is 0. The highest BCUT2D eigenvalue weighted by molar-refractivity contribution is 5.48. The van der Waals surface area contributed by atoms with Crippen LogP contribution in [-0.2, 0) is 0 Å². The molecule has 0 unspecified atom stereocenters. The standard InChI is InChI=1S/C10H14N2/c1-9-3-2-4-10(7-9)12-6-5-11-8-12/h2-4,7,11H,5-6,8H2,1H3. The van der Waals surface area contributed by atoms with Crippen molar-refractivity contribution < 1.29 is 0 Å². The summed E-state index contributed by atoms with van der Waals surface area (Å²) in [5.41, 5.74) is 2.67. The Morgan fingerprint density at radius 1 is 1.42 bits per heavy atom. The molecule has 0 aromatic heterocycles. The van der Waals surface area contributed by atoms with Crippen molar-refractivity contribution in [3.63, 3.8) is 0 Å². The lowest BCUT2D eigenvalue weighted by Gasteiger charge is -2.16. The Labute approximate surface area is 73.2 Å². The van der Waals surface area contributed by atoms with Gasteiger partial charge >= 0.3 is 0 Å². The summed E-state index contributed by atoms with van der Waals surface area (Å²) in [6.07, 6.45) is 0. The minimum atomic E-state index is 0.990. The second-order valence-electron chi connectivity index (χ2n) is 3.26. The van der Waals surface area contributed by atoms with E-state index in [1.165, 1.54) is 11.3 Å². The second-order valence-corrected chi connectivity index (χ2v) is 3.26. The molecule has 64 valence electrons. The van der Waals surface area contributed by atoms with Crippen molar-refractivity contribution in [1.82, 2.24) is 5.32 Å². The van der Waals surface area contributed by atoms with Crippen LogP contribution in [0.1, 0.15) is 5.56 Å². The third-order valence-corrected chi connectivity index (χ3v) is 2.23. The van der Waals surface area contributed by atoms with Gasteiger partial charge in [-0.05, 0) is 24.6 Å². The fourth-order valence-electron chi connectivity index (χ4n) is 1.55. The van der Waals surface area contributed by atoms with Gasteiger partial charge in [-0.25, -0.2) is 0 Å². The molecule has 0 spiro atoms. The number of hydrogen-bond acceptors (Lipinski definition) is 2. The van der Waals surface area contributed by atoms with E-state index in [9.17, 15) is 0 Å². The molecular weight excluding hydrogens is 148 g/mol. The molecule has 1 heterocycles. The van der Waals surface area contributed by atoms with E-state index in [1.54, 1.807) is 0 Å². The van der Waals surface area contributed by atoms with Crippen LogP contribution in [0.5, 0.6) is 0 Å². The third-order valence-electron chi connectivity index (χ3n) is 2.23. The number of nitrogens with one attached hydrogen (secondary N) is 1. The summed E-state index contributed by atoms with van der Waals surface area (Å²) in [5, 5.41) is 3.32. The zero-order valence-corrected chi connectivity index (χ0v) is 7.38. The summed E-state index contributed by atoms with van der Waals surface area (Å²) in [6.45, 7) is 5.36. The normalized spacial score (nSPS) is 16.9. The average Bonchev–Trinajstić information content (AvgIpc) is 2.56. The summed E-state index contributed by atoms with van der Waals surface area (Å²) in [7, 11) is 0. The van der Waals surface area contributed by atoms with Crippen molar-refractivity contribution in [2.24, 2.45) is 0 Å². The smallest absolute Gasteiger partial charge is 0.0683 e. The number of rotatable bonds is 1. The van der Waals surface area contributed by atoms with Gasteiger partial charge in [0.25, 0.3) is 0 Å². The summed E-state index contributed by atoms with van der Waals surface area (Å²) in [5.74, 6) is 0. The van der Waals surface area contributed by atoms with E-state index in [-0.39, 0.29) is 0 Å². The zero-order valence-electron chi connectivity index (χ0n) is 7.38. The molecule has 1 N–H and O–H groups in total. The molecule has 1 aromatic carbocycles. The van der Waals surface area contributed by atoms with Crippen LogP contribution in [0.3, 0.4) is 0 Å². The van der Waals surface area contributed by atoms with Crippen LogP contribution in [0.15, 0.2) is 24.3 Å². The molecule has 1 saturated heterocycles. The van der Waals surface area contributed by atoms with Crippen LogP contribution in [-0.4, -0.2) is 19.8 Å². The van der Waals surface area contributed by atoms with Gasteiger partial charge in [-0.1, -0.05) is 12.1 Å². The minimum absolute atomic E-state index is 0.990. The zero-order chi connectivity index (χ0) is 8.39. The molecule has 0 radical (unpaired) electrons. The van der Waals surface area contributed by atoms with E-state index in [0.717, 1.165) is 19.8 Å². The molecule has 0 saturated carbocycles. The van der Waals surface area contributed by atoms with Crippen LogP contribution in [0, 0.1) is 6.92 Å². The molecule has 1 aliphatic rings. The molecular formula is C10H14N2. The first kappa shape index (κ1) is 7.62. The third kappa shape index (κ3) is 1.43. The lowest BCUT2D eigenvalue weighted by Crippen LogP contribution is -2.20. The minimum Gasteiger partial charge on any atom is -0.357 e. The molecule has 1 aromatic rings. The van der Waals surface area contributed by atoms with Crippen molar-refractivity contribution in [2.75, 3.05) is 24.7 Å². The van der Waals surface area contributed by atoms with Crippen LogP contribution in [0.25, 0.3) is 0 Å². The first-order chi connectivity index (χ1) is 5.86. The lowest BCUT2D eigenvalue weighted by molar-refractivity contribution is 0.855. The molecule has 1 fully saturated rings. The summed E-state index contributed by atoms with van der Waals surface area (Å²) in [6, 6.07) is 8.64. The first-order valence-electron chi connectivity index (χ1n) is 4.38. The van der Waals surface area contributed by atoms with Crippen molar-refractivity contribution >= 4 is 5.69 Å². The Kier molecular flexibility index (Phi) is 2.00. The summed E-state index contributed by atoms with van der Waals surface area (Å²) in [4.78, 5) is 2.35. The Hall–Kier alpha value is -1.02. The van der Waals surface area contributed by atoms with Crippen LogP contribution < -0.4 is 10.2 Å². The highest BCUT2D eigenvalue weighted by Crippen LogP contribution is 2.15. The number of hydrogen-bond donors (Lipinski definition) is 1. The van der Waals surface area contributed by atoms with E-state index < -0.39 is 0 Å². The fraction of sp³-hybridized carbons (Fsp3) is 0.400. The monoisotopic (exact) mass is 162 g/mol. The van der Waals surface area contributed by atoms with Crippen LogP contribution in [0.2, 0.25) is 0 Å². The van der Waals surface area contributed by atoms with Crippen molar-refractivity contribution in [3.8, 4) is 0 Å². The van der Waals surface area contributed by atoms with E-state index in [1.807, 2.05) is 0 Å². The van der Waals surface area contributed by atoms with Gasteiger partial charge in [-0.15, -0.1) is 0 Å². The maximum atomic E-state index is 3.32. The highest BCUT2D eigenvalue weighted by Gasteiger charge is 2.10. The number of nitrogens with zero attached hydrogens (tertiary/aromatic N) is 1. The van der Waals surface area contributed by atoms with Gasteiger partial charge in [-0.3, -0.25) is 5.32 Å². The van der Waals surface area contributed by atoms with Gasteiger partial charge in [0, 0.05) is 18.8 Å². The van der Waals surface area contributed by atoms with Gasteiger partial charge in [-0.2, -0.15) is 0 Å². The van der Waals surface area contributed by atoms with E-state index in [0.29, 0.717) is 0 Å². The van der Waals surface area contributed by atoms with Gasteiger partial charge in [0.15, 0.2) is 0 Å². The van der Waals surface area contributed by atoms with E-state index >= 15 is 0 Å². The average molecular weight is 162 g/mol. The SMILES string of the molecule is Cc1cccc(N2CCNC2)c1. The summed E-state index contributed by atoms with van der Waals surface area (Å²) >= 11 is 0. The van der Waals surface area contributed by atoms with Gasteiger partial charge in [0.05, 0.1) is 6.67 Å². The maximum absolute atomic E-state index is 3.32. The molecule has 2 heteroatoms. The second kappa shape index (κ2) is 3.15. The predicted octanol–water partition coefficient (Wildman–Crippen LogP) is 1.36. The Morgan fingerprint density at radius 3 is 3.00 bits per heavy atom. The van der Waals surface area contributed by atoms with Crippen LogP contribution >= 0.6 is 0 Å². The van der Waals surface area contributed by atoms with Gasteiger partial charge < -0.3 is 4.90 Å². The molecule has 0 bridgehead atoms. The predicted molar refractivity (Wildman–Crippen MR) is 51.4 cm³/mol. The Bertz CT molecular complexity index is 264. The van der Waals surface area contributed by atoms with Crippen molar-refractivity contribution in [2.45, 2.75) is 6.92 Å². The fourth-order valence-corrected chi connectivity index (χ4v) is 1.55. The molecule has 0 atom stereocenters. The van der Waals surface area contributed by atoms with Gasteiger partial charge in [0.1, 0.15) is 0 Å². The quantitative estimate of drug-likeness (QED) is 0.670. The van der Waals surface area contributed by atoms with E-state index in [2.05, 4.69) is 41.4 Å². The Morgan fingerprint density at radius 2 is 2.33 bits per heavy atom. The van der Waals surface area contributed by atoms with Crippen molar-refractivity contribution in [3.05, 3.63) is 29.8 Å². The molecule has 2 nitrogen and oxygen atoms in total. The number of anilines is 1. The number of aryl methyl sites for hydroxylation is 1. The number of benzene rings is 1. The lowest BCUT2D eigenvalue weighted by atomic mass is 10.2. The molecule has 12 heavy (non-hydrogen) atoms. The van der Waals surface area contributed by atoms with Crippen LogP contribution in [0.4, 0.5) is 5.69 Å². The van der Waals surface area contributed by atoms with Crippen molar-refractivity contribution in [1.29, 1.82) is 0 Å². The van der Waals surface area contributed by atoms with E-state index in [4.69, 9.17) is 0 Å². The molecule has 0 amide bonds. The highest BCUT2D eigenvalue weighted by atomic mass is 15.3. The largest absolute Gasteiger partial charge is 0.357 e. The molecule has 0 aliphatic carbocycles. The topological polar surface area (TPSA) is 15.3 Å². The first-order valence-corrected chi connectivity index (χ1v) is 4.38. The van der Waals surface area contributed by atoms with Gasteiger partial charge in [0.2, 0.25) is 0 Å². The molecule has 1 aliphatic heterocycles. The Balaban J connectivity index is 2.21. The molecule has 2 rings (SSSR count). The maximum Gasteiger partial charge on any atom is 0.0683 e.